The minimum Gasteiger partial charge on any atom is -0.310 e. The molecule has 0 fully saturated rings. The highest BCUT2D eigenvalue weighted by Gasteiger charge is 2.53. The van der Waals surface area contributed by atoms with Gasteiger partial charge in [-0.3, -0.25) is 0 Å². The van der Waals surface area contributed by atoms with Crippen LogP contribution in [0.4, 0.5) is 17.1 Å². The van der Waals surface area contributed by atoms with E-state index in [9.17, 15) is 0 Å². The molecule has 1 spiro atoms. The van der Waals surface area contributed by atoms with Crippen molar-refractivity contribution in [2.24, 2.45) is 0 Å². The lowest BCUT2D eigenvalue weighted by atomic mass is 9.70. The molecule has 1 heteroatoms. The third kappa shape index (κ3) is 4.73. The van der Waals surface area contributed by atoms with Crippen molar-refractivity contribution < 1.29 is 0 Å². The van der Waals surface area contributed by atoms with Gasteiger partial charge in [0.1, 0.15) is 0 Å². The molecule has 1 nitrogen and oxygen atoms in total. The largest absolute Gasteiger partial charge is 0.310 e. The Morgan fingerprint density at radius 3 is 1.44 bits per heavy atom. The fourth-order valence-electron chi connectivity index (χ4n) is 10.9. The maximum atomic E-state index is 2.53. The van der Waals surface area contributed by atoms with Crippen molar-refractivity contribution in [3.8, 4) is 55.6 Å². The van der Waals surface area contributed by atoms with E-state index in [1.54, 1.807) is 0 Å². The van der Waals surface area contributed by atoms with E-state index >= 15 is 0 Å². The second-order valence-corrected chi connectivity index (χ2v) is 16.8. The molecule has 278 valence electrons. The van der Waals surface area contributed by atoms with E-state index < -0.39 is 5.41 Å². The van der Waals surface area contributed by atoms with Gasteiger partial charge in [0.15, 0.2) is 0 Å². The first kappa shape index (κ1) is 33.9. The third-order valence-electron chi connectivity index (χ3n) is 13.5. The maximum absolute atomic E-state index is 2.53. The van der Waals surface area contributed by atoms with Crippen molar-refractivity contribution in [2.45, 2.75) is 24.7 Å². The molecule has 0 amide bonds. The number of hydrogen-bond acceptors (Lipinski definition) is 1. The van der Waals surface area contributed by atoms with Crippen molar-refractivity contribution >= 4 is 17.1 Å². The van der Waals surface area contributed by atoms with Crippen molar-refractivity contribution in [3.05, 3.63) is 246 Å². The van der Waals surface area contributed by atoms with Gasteiger partial charge in [-0.05, 0) is 126 Å². The average Bonchev–Trinajstić information content (AvgIpc) is 3.85. The number of benzene rings is 9. The molecule has 9 aromatic rings. The molecule has 0 saturated heterocycles. The Balaban J connectivity index is 1.22. The predicted molar refractivity (Wildman–Crippen MR) is 246 cm³/mol. The Kier molecular flexibility index (Phi) is 7.26. The summed E-state index contributed by atoms with van der Waals surface area (Å²) in [5.74, 6) is 0. The SMILES string of the molecule is CC1(C)c2ccccc2-c2ccc(N(c3ccccc3)c3cc(-c4ccccc4)cc4c3-c3ccc(-c5ccccc5)cc3C43c4ccccc4-c4ccccc43)cc21. The van der Waals surface area contributed by atoms with Gasteiger partial charge in [-0.2, -0.15) is 0 Å². The molecular formula is C58H41N. The summed E-state index contributed by atoms with van der Waals surface area (Å²) in [6.07, 6.45) is 0. The van der Waals surface area contributed by atoms with Gasteiger partial charge in [0, 0.05) is 22.4 Å². The van der Waals surface area contributed by atoms with Crippen LogP contribution in [0.5, 0.6) is 0 Å². The summed E-state index contributed by atoms with van der Waals surface area (Å²) in [6, 6.07) is 79.4. The summed E-state index contributed by atoms with van der Waals surface area (Å²) in [7, 11) is 0. The van der Waals surface area contributed by atoms with Crippen LogP contribution in [0.25, 0.3) is 55.6 Å². The van der Waals surface area contributed by atoms with E-state index in [4.69, 9.17) is 0 Å². The van der Waals surface area contributed by atoms with Crippen molar-refractivity contribution in [1.29, 1.82) is 0 Å². The number of hydrogen-bond donors (Lipinski definition) is 0. The van der Waals surface area contributed by atoms with Crippen molar-refractivity contribution in [3.63, 3.8) is 0 Å². The number of fused-ring (bicyclic) bond motifs is 13. The molecule has 0 aliphatic heterocycles. The summed E-state index contributed by atoms with van der Waals surface area (Å²) in [6.45, 7) is 4.75. The van der Waals surface area contributed by atoms with E-state index in [1.807, 2.05) is 0 Å². The van der Waals surface area contributed by atoms with E-state index in [0.717, 1.165) is 11.4 Å². The number of rotatable bonds is 5. The van der Waals surface area contributed by atoms with E-state index in [0.29, 0.717) is 0 Å². The molecule has 3 aliphatic carbocycles. The highest BCUT2D eigenvalue weighted by Crippen LogP contribution is 2.66. The lowest BCUT2D eigenvalue weighted by molar-refractivity contribution is 0.660. The highest BCUT2D eigenvalue weighted by molar-refractivity contribution is 6.03. The van der Waals surface area contributed by atoms with E-state index in [-0.39, 0.29) is 5.41 Å². The Morgan fingerprint density at radius 1 is 0.305 bits per heavy atom. The first-order chi connectivity index (χ1) is 29.0. The Bertz CT molecular complexity index is 3070. The normalized spacial score (nSPS) is 14.2. The monoisotopic (exact) mass is 751 g/mol. The van der Waals surface area contributed by atoms with E-state index in [1.165, 1.54) is 94.7 Å². The molecule has 9 aromatic carbocycles. The zero-order valence-corrected chi connectivity index (χ0v) is 33.2. The Morgan fingerprint density at radius 2 is 0.797 bits per heavy atom. The molecular weight excluding hydrogens is 711 g/mol. The lowest BCUT2D eigenvalue weighted by Crippen LogP contribution is -2.26. The van der Waals surface area contributed by atoms with Crippen LogP contribution in [-0.4, -0.2) is 0 Å². The van der Waals surface area contributed by atoms with Crippen LogP contribution in [-0.2, 0) is 10.8 Å². The average molecular weight is 752 g/mol. The number of anilines is 3. The summed E-state index contributed by atoms with van der Waals surface area (Å²) in [5, 5.41) is 0. The third-order valence-corrected chi connectivity index (χ3v) is 13.5. The molecule has 0 aromatic heterocycles. The zero-order chi connectivity index (χ0) is 39.3. The fraction of sp³-hybridized carbons (Fsp3) is 0.0690. The predicted octanol–water partition coefficient (Wildman–Crippen LogP) is 15.1. The number of para-hydroxylation sites is 1. The topological polar surface area (TPSA) is 3.24 Å². The quantitative estimate of drug-likeness (QED) is 0.169. The second-order valence-electron chi connectivity index (χ2n) is 16.8. The fourth-order valence-corrected chi connectivity index (χ4v) is 10.9. The smallest absolute Gasteiger partial charge is 0.0726 e. The van der Waals surface area contributed by atoms with Gasteiger partial charge < -0.3 is 4.90 Å². The Hall–Kier alpha value is -7.22. The van der Waals surface area contributed by atoms with Gasteiger partial charge in [0.05, 0.1) is 11.1 Å². The maximum Gasteiger partial charge on any atom is 0.0726 e. The first-order valence-electron chi connectivity index (χ1n) is 20.8. The van der Waals surface area contributed by atoms with Gasteiger partial charge in [-0.15, -0.1) is 0 Å². The van der Waals surface area contributed by atoms with Crippen molar-refractivity contribution in [1.82, 2.24) is 0 Å². The molecule has 59 heavy (non-hydrogen) atoms. The van der Waals surface area contributed by atoms with Gasteiger partial charge in [0.2, 0.25) is 0 Å². The first-order valence-corrected chi connectivity index (χ1v) is 20.8. The lowest BCUT2D eigenvalue weighted by Gasteiger charge is -2.33. The molecule has 0 unspecified atom stereocenters. The van der Waals surface area contributed by atoms with Gasteiger partial charge in [0.25, 0.3) is 0 Å². The van der Waals surface area contributed by atoms with Crippen LogP contribution in [0.1, 0.15) is 47.2 Å². The number of nitrogens with zero attached hydrogens (tertiary/aromatic N) is 1. The molecule has 3 aliphatic rings. The summed E-state index contributed by atoms with van der Waals surface area (Å²) in [4.78, 5) is 2.53. The molecule has 0 N–H and O–H groups in total. The van der Waals surface area contributed by atoms with Gasteiger partial charge in [-0.1, -0.05) is 184 Å². The molecule has 0 bridgehead atoms. The van der Waals surface area contributed by atoms with Crippen LogP contribution in [0.2, 0.25) is 0 Å². The summed E-state index contributed by atoms with van der Waals surface area (Å²) in [5.41, 5.74) is 23.5. The molecule has 12 rings (SSSR count). The molecule has 0 saturated carbocycles. The summed E-state index contributed by atoms with van der Waals surface area (Å²) < 4.78 is 0. The van der Waals surface area contributed by atoms with Crippen molar-refractivity contribution in [2.75, 3.05) is 4.90 Å². The Labute approximate surface area is 346 Å². The van der Waals surface area contributed by atoms with Crippen LogP contribution in [0.15, 0.2) is 212 Å². The van der Waals surface area contributed by atoms with Gasteiger partial charge in [-0.25, -0.2) is 0 Å². The summed E-state index contributed by atoms with van der Waals surface area (Å²) >= 11 is 0. The van der Waals surface area contributed by atoms with Crippen LogP contribution < -0.4 is 4.90 Å². The van der Waals surface area contributed by atoms with E-state index in [2.05, 4.69) is 231 Å². The zero-order valence-electron chi connectivity index (χ0n) is 33.2. The van der Waals surface area contributed by atoms with Crippen LogP contribution in [0, 0.1) is 0 Å². The van der Waals surface area contributed by atoms with Gasteiger partial charge >= 0.3 is 0 Å². The molecule has 0 atom stereocenters. The van der Waals surface area contributed by atoms with Crippen LogP contribution in [0.3, 0.4) is 0 Å². The second kappa shape index (κ2) is 12.6. The minimum atomic E-state index is -0.536. The molecule has 0 heterocycles. The molecule has 0 radical (unpaired) electrons. The van der Waals surface area contributed by atoms with Crippen LogP contribution >= 0.6 is 0 Å². The highest BCUT2D eigenvalue weighted by atomic mass is 15.1. The minimum absolute atomic E-state index is 0.139. The standard InChI is InChI=1S/C58H41N/c1-57(2)49-27-15-12-24-44(49)47-33-31-43(37-52(47)57)59(42-22-10-5-11-23-42)55-36-41(39-20-8-4-9-21-39)35-54-56(55)48-32-30-40(38-18-6-3-7-19-38)34-53(48)58(54)50-28-16-13-25-45(50)46-26-14-17-29-51(46)58/h3-37H,1-2H3.